The van der Waals surface area contributed by atoms with Gasteiger partial charge in [0.15, 0.2) is 0 Å². The summed E-state index contributed by atoms with van der Waals surface area (Å²) < 4.78 is 0. The molecule has 15 heavy (non-hydrogen) atoms. The molecule has 2 atom stereocenters. The maximum absolute atomic E-state index is 3.39. The van der Waals surface area contributed by atoms with Crippen LogP contribution in [0.4, 0.5) is 0 Å². The molecule has 1 saturated heterocycles. The maximum atomic E-state index is 3.39. The van der Waals surface area contributed by atoms with Gasteiger partial charge in [-0.2, -0.15) is 0 Å². The number of piperidine rings is 1. The van der Waals surface area contributed by atoms with Crippen LogP contribution < -0.4 is 5.32 Å². The normalized spacial score (nSPS) is 25.8. The number of hydrogen-bond donors (Lipinski definition) is 1. The quantitative estimate of drug-likeness (QED) is 0.752. The molecule has 0 amide bonds. The minimum absolute atomic E-state index is 0.673. The molecule has 90 valence electrons. The third-order valence-electron chi connectivity index (χ3n) is 3.73. The van der Waals surface area contributed by atoms with E-state index < -0.39 is 0 Å². The summed E-state index contributed by atoms with van der Waals surface area (Å²) in [5, 5.41) is 3.39. The molecular formula is C13H28N2. The van der Waals surface area contributed by atoms with Gasteiger partial charge in [-0.3, -0.25) is 0 Å². The van der Waals surface area contributed by atoms with Crippen LogP contribution in [-0.4, -0.2) is 37.6 Å². The van der Waals surface area contributed by atoms with Gasteiger partial charge in [-0.15, -0.1) is 0 Å². The Morgan fingerprint density at radius 1 is 1.33 bits per heavy atom. The molecule has 1 fully saturated rings. The highest BCUT2D eigenvalue weighted by Gasteiger charge is 2.23. The van der Waals surface area contributed by atoms with E-state index in [1.165, 1.54) is 38.9 Å². The predicted octanol–water partition coefficient (Wildman–Crippen LogP) is 2.35. The Kier molecular flexibility index (Phi) is 5.62. The predicted molar refractivity (Wildman–Crippen MR) is 67.1 cm³/mol. The molecule has 2 unspecified atom stereocenters. The van der Waals surface area contributed by atoms with Gasteiger partial charge in [0.05, 0.1) is 0 Å². The zero-order valence-corrected chi connectivity index (χ0v) is 10.9. The van der Waals surface area contributed by atoms with Crippen molar-refractivity contribution in [2.75, 3.05) is 26.7 Å². The minimum atomic E-state index is 0.673. The Hall–Kier alpha value is -0.0800. The fourth-order valence-electron chi connectivity index (χ4n) is 2.38. The lowest BCUT2D eigenvalue weighted by atomic mass is 9.91. The lowest BCUT2D eigenvalue weighted by Gasteiger charge is -2.36. The van der Waals surface area contributed by atoms with Crippen LogP contribution in [0.25, 0.3) is 0 Å². The van der Waals surface area contributed by atoms with E-state index in [9.17, 15) is 0 Å². The zero-order valence-electron chi connectivity index (χ0n) is 10.9. The van der Waals surface area contributed by atoms with Crippen LogP contribution in [0, 0.1) is 11.8 Å². The fourth-order valence-corrected chi connectivity index (χ4v) is 2.38. The molecule has 1 rings (SSSR count). The summed E-state index contributed by atoms with van der Waals surface area (Å²) in [7, 11) is 2.08. The molecule has 0 aromatic rings. The molecule has 0 saturated carbocycles. The number of likely N-dealkylation sites (tertiary alicyclic amines) is 1. The fraction of sp³-hybridized carbons (Fsp3) is 1.00. The van der Waals surface area contributed by atoms with Crippen LogP contribution in [0.3, 0.4) is 0 Å². The first-order valence-corrected chi connectivity index (χ1v) is 6.53. The summed E-state index contributed by atoms with van der Waals surface area (Å²) in [6, 6.07) is 0.673. The molecule has 2 heteroatoms. The number of rotatable bonds is 5. The molecule has 0 aliphatic carbocycles. The number of nitrogens with zero attached hydrogens (tertiary/aromatic N) is 1. The molecule has 1 aliphatic heterocycles. The largest absolute Gasteiger partial charge is 0.317 e. The average molecular weight is 212 g/mol. The monoisotopic (exact) mass is 212 g/mol. The van der Waals surface area contributed by atoms with Crippen molar-refractivity contribution in [3.8, 4) is 0 Å². The third kappa shape index (κ3) is 4.52. The molecule has 0 aromatic carbocycles. The highest BCUT2D eigenvalue weighted by atomic mass is 15.1. The molecule has 0 spiro atoms. The highest BCUT2D eigenvalue weighted by molar-refractivity contribution is 4.79. The van der Waals surface area contributed by atoms with Gasteiger partial charge >= 0.3 is 0 Å². The third-order valence-corrected chi connectivity index (χ3v) is 3.73. The number of hydrogen-bond acceptors (Lipinski definition) is 2. The van der Waals surface area contributed by atoms with Crippen molar-refractivity contribution in [3.05, 3.63) is 0 Å². The van der Waals surface area contributed by atoms with E-state index in [4.69, 9.17) is 0 Å². The Morgan fingerprint density at radius 3 is 2.67 bits per heavy atom. The standard InChI is InChI=1S/C13H28N2/c1-11(2)7-9-15-8-5-6-13(10-15)12(3)14-4/h11-14H,5-10H2,1-4H3. The van der Waals surface area contributed by atoms with Gasteiger partial charge in [0.1, 0.15) is 0 Å². The van der Waals surface area contributed by atoms with Crippen molar-refractivity contribution < 1.29 is 0 Å². The first kappa shape index (κ1) is 13.0. The highest BCUT2D eigenvalue weighted by Crippen LogP contribution is 2.20. The van der Waals surface area contributed by atoms with E-state index in [1.807, 2.05) is 0 Å². The van der Waals surface area contributed by atoms with Gasteiger partial charge in [0.2, 0.25) is 0 Å². The Labute approximate surface area is 95.4 Å². The first-order chi connectivity index (χ1) is 7.13. The van der Waals surface area contributed by atoms with Crippen LogP contribution in [0.15, 0.2) is 0 Å². The van der Waals surface area contributed by atoms with Crippen LogP contribution >= 0.6 is 0 Å². The van der Waals surface area contributed by atoms with Gasteiger partial charge in [-0.05, 0) is 58.2 Å². The SMILES string of the molecule is CNC(C)C1CCCN(CCC(C)C)C1. The molecule has 1 aliphatic rings. The smallest absolute Gasteiger partial charge is 0.00762 e. The van der Waals surface area contributed by atoms with Crippen LogP contribution in [-0.2, 0) is 0 Å². The van der Waals surface area contributed by atoms with E-state index in [0.29, 0.717) is 6.04 Å². The topological polar surface area (TPSA) is 15.3 Å². The Morgan fingerprint density at radius 2 is 2.07 bits per heavy atom. The second-order valence-electron chi connectivity index (χ2n) is 5.46. The van der Waals surface area contributed by atoms with E-state index >= 15 is 0 Å². The van der Waals surface area contributed by atoms with E-state index in [2.05, 4.69) is 38.0 Å². The van der Waals surface area contributed by atoms with Gasteiger partial charge in [-0.1, -0.05) is 13.8 Å². The van der Waals surface area contributed by atoms with E-state index in [1.54, 1.807) is 0 Å². The van der Waals surface area contributed by atoms with Gasteiger partial charge in [-0.25, -0.2) is 0 Å². The summed E-state index contributed by atoms with van der Waals surface area (Å²) in [5.74, 6) is 1.70. The summed E-state index contributed by atoms with van der Waals surface area (Å²) in [4.78, 5) is 2.65. The van der Waals surface area contributed by atoms with Crippen molar-refractivity contribution in [1.29, 1.82) is 0 Å². The molecular weight excluding hydrogens is 184 g/mol. The molecule has 2 nitrogen and oxygen atoms in total. The second kappa shape index (κ2) is 6.49. The summed E-state index contributed by atoms with van der Waals surface area (Å²) >= 11 is 0. The maximum Gasteiger partial charge on any atom is 0.00762 e. The van der Waals surface area contributed by atoms with Crippen molar-refractivity contribution >= 4 is 0 Å². The van der Waals surface area contributed by atoms with Crippen LogP contribution in [0.2, 0.25) is 0 Å². The molecule has 1 heterocycles. The molecule has 1 N–H and O–H groups in total. The van der Waals surface area contributed by atoms with Crippen LogP contribution in [0.5, 0.6) is 0 Å². The van der Waals surface area contributed by atoms with Gasteiger partial charge in [0, 0.05) is 12.6 Å². The lowest BCUT2D eigenvalue weighted by molar-refractivity contribution is 0.147. The molecule has 0 radical (unpaired) electrons. The van der Waals surface area contributed by atoms with Crippen molar-refractivity contribution in [1.82, 2.24) is 10.2 Å². The number of nitrogens with one attached hydrogen (secondary N) is 1. The van der Waals surface area contributed by atoms with Crippen molar-refractivity contribution in [2.45, 2.75) is 46.1 Å². The lowest BCUT2D eigenvalue weighted by Crippen LogP contribution is -2.43. The summed E-state index contributed by atoms with van der Waals surface area (Å²) in [6.07, 6.45) is 4.13. The van der Waals surface area contributed by atoms with Crippen molar-refractivity contribution in [2.24, 2.45) is 11.8 Å². The Balaban J connectivity index is 2.29. The zero-order chi connectivity index (χ0) is 11.3. The van der Waals surface area contributed by atoms with Gasteiger partial charge < -0.3 is 10.2 Å². The minimum Gasteiger partial charge on any atom is -0.317 e. The van der Waals surface area contributed by atoms with E-state index in [0.717, 1.165) is 11.8 Å². The van der Waals surface area contributed by atoms with E-state index in [-0.39, 0.29) is 0 Å². The molecule has 0 aromatic heterocycles. The Bertz CT molecular complexity index is 168. The second-order valence-corrected chi connectivity index (χ2v) is 5.46. The van der Waals surface area contributed by atoms with Crippen molar-refractivity contribution in [3.63, 3.8) is 0 Å². The van der Waals surface area contributed by atoms with Gasteiger partial charge in [0.25, 0.3) is 0 Å². The first-order valence-electron chi connectivity index (χ1n) is 6.53. The summed E-state index contributed by atoms with van der Waals surface area (Å²) in [5.41, 5.74) is 0. The summed E-state index contributed by atoms with van der Waals surface area (Å²) in [6.45, 7) is 10.9. The van der Waals surface area contributed by atoms with Crippen LogP contribution in [0.1, 0.15) is 40.0 Å². The average Bonchev–Trinajstić information content (AvgIpc) is 2.25. The molecule has 0 bridgehead atoms.